The standard InChI is InChI=1S/C16H22N2S2/c1-10-5-4-8-16(9-10)17-14(19)13-11-6-2-3-7-12(11)20-15(13)18-16/h10,18H,2-9H2,1H3,(H,17,19)/t10-,16+/m1/s1. The Bertz CT molecular complexity index is 563. The monoisotopic (exact) mass is 306 g/mol. The van der Waals surface area contributed by atoms with Gasteiger partial charge in [-0.15, -0.1) is 11.3 Å². The van der Waals surface area contributed by atoms with Crippen LogP contribution in [0.3, 0.4) is 0 Å². The van der Waals surface area contributed by atoms with E-state index in [1.807, 2.05) is 11.3 Å². The van der Waals surface area contributed by atoms with Crippen LogP contribution in [0.15, 0.2) is 0 Å². The van der Waals surface area contributed by atoms with Crippen molar-refractivity contribution in [3.05, 3.63) is 16.0 Å². The molecular formula is C16H22N2S2. The van der Waals surface area contributed by atoms with Gasteiger partial charge in [0.1, 0.15) is 15.7 Å². The number of fused-ring (bicyclic) bond motifs is 3. The number of hydrogen-bond acceptors (Lipinski definition) is 3. The minimum atomic E-state index is 0.0369. The molecule has 4 rings (SSSR count). The number of nitrogens with one attached hydrogen (secondary N) is 2. The summed E-state index contributed by atoms with van der Waals surface area (Å²) in [5.74, 6) is 0.780. The summed E-state index contributed by atoms with van der Waals surface area (Å²) < 4.78 is 0. The fraction of sp³-hybridized carbons (Fsp3) is 0.688. The molecule has 2 N–H and O–H groups in total. The zero-order valence-corrected chi connectivity index (χ0v) is 13.7. The van der Waals surface area contributed by atoms with E-state index in [-0.39, 0.29) is 5.66 Å². The lowest BCUT2D eigenvalue weighted by atomic mass is 9.81. The number of rotatable bonds is 0. The fourth-order valence-electron chi connectivity index (χ4n) is 4.20. The van der Waals surface area contributed by atoms with Crippen molar-refractivity contribution >= 4 is 33.5 Å². The first-order valence-electron chi connectivity index (χ1n) is 7.92. The van der Waals surface area contributed by atoms with E-state index >= 15 is 0 Å². The predicted octanol–water partition coefficient (Wildman–Crippen LogP) is 4.22. The molecule has 1 fully saturated rings. The number of thiophene rings is 1. The number of thiocarbonyl (C=S) groups is 1. The van der Waals surface area contributed by atoms with Crippen LogP contribution in [-0.2, 0) is 12.8 Å². The third-order valence-electron chi connectivity index (χ3n) is 5.10. The molecule has 1 aliphatic heterocycles. The third kappa shape index (κ3) is 2.00. The van der Waals surface area contributed by atoms with Crippen LogP contribution >= 0.6 is 23.6 Å². The Hall–Kier alpha value is -0.610. The molecule has 20 heavy (non-hydrogen) atoms. The lowest BCUT2D eigenvalue weighted by Gasteiger charge is -2.45. The van der Waals surface area contributed by atoms with Gasteiger partial charge in [-0.2, -0.15) is 0 Å². The Kier molecular flexibility index (Phi) is 3.08. The first kappa shape index (κ1) is 13.1. The molecule has 0 saturated heterocycles. The Morgan fingerprint density at radius 2 is 2.05 bits per heavy atom. The van der Waals surface area contributed by atoms with E-state index in [1.54, 1.807) is 10.4 Å². The van der Waals surface area contributed by atoms with Crippen LogP contribution in [0, 0.1) is 5.92 Å². The molecular weight excluding hydrogens is 284 g/mol. The molecule has 2 atom stereocenters. The molecule has 0 amide bonds. The maximum atomic E-state index is 5.75. The number of anilines is 1. The minimum absolute atomic E-state index is 0.0369. The number of aryl methyl sites for hydroxylation is 1. The van der Waals surface area contributed by atoms with Crippen molar-refractivity contribution in [3.63, 3.8) is 0 Å². The first-order valence-corrected chi connectivity index (χ1v) is 9.15. The van der Waals surface area contributed by atoms with Gasteiger partial charge in [-0.3, -0.25) is 0 Å². The molecule has 0 bridgehead atoms. The summed E-state index contributed by atoms with van der Waals surface area (Å²) in [6.07, 6.45) is 10.2. The topological polar surface area (TPSA) is 24.1 Å². The Labute approximate surface area is 130 Å². The van der Waals surface area contributed by atoms with Crippen LogP contribution in [0.1, 0.15) is 61.5 Å². The van der Waals surface area contributed by atoms with E-state index < -0.39 is 0 Å². The highest BCUT2D eigenvalue weighted by Crippen LogP contribution is 2.44. The van der Waals surface area contributed by atoms with Crippen molar-refractivity contribution < 1.29 is 0 Å². The van der Waals surface area contributed by atoms with Gasteiger partial charge < -0.3 is 10.6 Å². The van der Waals surface area contributed by atoms with E-state index in [0.29, 0.717) is 0 Å². The number of hydrogen-bond donors (Lipinski definition) is 2. The smallest absolute Gasteiger partial charge is 0.111 e. The van der Waals surface area contributed by atoms with E-state index in [2.05, 4.69) is 17.6 Å². The maximum Gasteiger partial charge on any atom is 0.111 e. The van der Waals surface area contributed by atoms with Crippen molar-refractivity contribution in [2.45, 2.75) is 64.0 Å². The predicted molar refractivity (Wildman–Crippen MR) is 89.8 cm³/mol. The van der Waals surface area contributed by atoms with Gasteiger partial charge in [0, 0.05) is 10.4 Å². The normalized spacial score (nSPS) is 32.2. The second-order valence-corrected chi connectivity index (χ2v) is 8.29. The second-order valence-electron chi connectivity index (χ2n) is 6.78. The van der Waals surface area contributed by atoms with Crippen molar-refractivity contribution in [3.8, 4) is 0 Å². The van der Waals surface area contributed by atoms with E-state index in [4.69, 9.17) is 12.2 Å². The van der Waals surface area contributed by atoms with Crippen LogP contribution in [0.5, 0.6) is 0 Å². The van der Waals surface area contributed by atoms with Crippen molar-refractivity contribution in [1.29, 1.82) is 0 Å². The van der Waals surface area contributed by atoms with Crippen LogP contribution in [0.2, 0.25) is 0 Å². The molecule has 3 aliphatic rings. The van der Waals surface area contributed by atoms with E-state index in [1.165, 1.54) is 61.9 Å². The third-order valence-corrected chi connectivity index (χ3v) is 6.61. The summed E-state index contributed by atoms with van der Waals surface area (Å²) in [6.45, 7) is 2.36. The van der Waals surface area contributed by atoms with Gasteiger partial charge in [0.2, 0.25) is 0 Å². The molecule has 2 aliphatic carbocycles. The Balaban J connectivity index is 1.72. The lowest BCUT2D eigenvalue weighted by molar-refractivity contribution is 0.241. The van der Waals surface area contributed by atoms with Crippen LogP contribution in [0.4, 0.5) is 5.00 Å². The second kappa shape index (κ2) is 4.70. The average molecular weight is 307 g/mol. The molecule has 1 aromatic heterocycles. The van der Waals surface area contributed by atoms with Crippen molar-refractivity contribution in [2.75, 3.05) is 5.32 Å². The summed E-state index contributed by atoms with van der Waals surface area (Å²) in [7, 11) is 0. The highest BCUT2D eigenvalue weighted by atomic mass is 32.1. The van der Waals surface area contributed by atoms with Crippen LogP contribution < -0.4 is 10.6 Å². The summed E-state index contributed by atoms with van der Waals surface area (Å²) in [5, 5.41) is 8.89. The van der Waals surface area contributed by atoms with Crippen LogP contribution in [-0.4, -0.2) is 10.7 Å². The summed E-state index contributed by atoms with van der Waals surface area (Å²) in [4.78, 5) is 2.59. The fourth-order valence-corrected chi connectivity index (χ4v) is 6.08. The Morgan fingerprint density at radius 3 is 2.90 bits per heavy atom. The molecule has 0 unspecified atom stereocenters. The van der Waals surface area contributed by atoms with E-state index in [0.717, 1.165) is 10.9 Å². The molecule has 108 valence electrons. The molecule has 1 aromatic rings. The zero-order chi connectivity index (χ0) is 13.7. The van der Waals surface area contributed by atoms with Gasteiger partial charge in [-0.1, -0.05) is 25.6 Å². The summed E-state index contributed by atoms with van der Waals surface area (Å²) in [5.41, 5.74) is 2.92. The molecule has 0 aromatic carbocycles. The maximum absolute atomic E-state index is 5.75. The van der Waals surface area contributed by atoms with Gasteiger partial charge in [-0.25, -0.2) is 0 Å². The molecule has 0 radical (unpaired) electrons. The van der Waals surface area contributed by atoms with E-state index in [9.17, 15) is 0 Å². The Morgan fingerprint density at radius 1 is 1.20 bits per heavy atom. The van der Waals surface area contributed by atoms with Crippen LogP contribution in [0.25, 0.3) is 0 Å². The van der Waals surface area contributed by atoms with Gasteiger partial charge in [0.25, 0.3) is 0 Å². The van der Waals surface area contributed by atoms with Gasteiger partial charge >= 0.3 is 0 Å². The lowest BCUT2D eigenvalue weighted by Crippen LogP contribution is -2.59. The molecule has 1 saturated carbocycles. The highest BCUT2D eigenvalue weighted by molar-refractivity contribution is 7.80. The summed E-state index contributed by atoms with van der Waals surface area (Å²) >= 11 is 7.72. The largest absolute Gasteiger partial charge is 0.354 e. The quantitative estimate of drug-likeness (QED) is 0.702. The van der Waals surface area contributed by atoms with Crippen molar-refractivity contribution in [1.82, 2.24) is 5.32 Å². The van der Waals surface area contributed by atoms with Gasteiger partial charge in [-0.05, 0) is 56.4 Å². The van der Waals surface area contributed by atoms with Gasteiger partial charge in [0.05, 0.1) is 0 Å². The molecule has 4 heteroatoms. The zero-order valence-electron chi connectivity index (χ0n) is 12.1. The van der Waals surface area contributed by atoms with Gasteiger partial charge in [0.15, 0.2) is 0 Å². The average Bonchev–Trinajstić information content (AvgIpc) is 2.76. The summed E-state index contributed by atoms with van der Waals surface area (Å²) in [6, 6.07) is 0. The molecule has 2 nitrogen and oxygen atoms in total. The first-order chi connectivity index (χ1) is 9.67. The van der Waals surface area contributed by atoms with Crippen molar-refractivity contribution in [2.24, 2.45) is 5.92 Å². The highest BCUT2D eigenvalue weighted by Gasteiger charge is 2.41. The minimum Gasteiger partial charge on any atom is -0.354 e. The SMILES string of the molecule is C[C@@H]1CCC[C@]2(C1)NC(=S)c1c(sc3c1CCCC3)N2. The molecule has 1 spiro atoms. The molecule has 2 heterocycles.